The number of carboxylic acids is 1. The number of rotatable bonds is 4. The minimum Gasteiger partial charge on any atom is -0.481 e. The number of aromatic nitrogens is 1. The Morgan fingerprint density at radius 3 is 2.53 bits per heavy atom. The Balaban J connectivity index is 1.24. The van der Waals surface area contributed by atoms with Crippen molar-refractivity contribution in [2.75, 3.05) is 38.0 Å². The number of aryl methyl sites for hydroxylation is 1. The van der Waals surface area contributed by atoms with Crippen LogP contribution < -0.4 is 5.32 Å². The van der Waals surface area contributed by atoms with Crippen molar-refractivity contribution < 1.29 is 19.8 Å². The van der Waals surface area contributed by atoms with Gasteiger partial charge in [0.25, 0.3) is 0 Å². The van der Waals surface area contributed by atoms with Crippen LogP contribution in [0.1, 0.15) is 49.8 Å². The van der Waals surface area contributed by atoms with Crippen LogP contribution in [0.2, 0.25) is 0 Å². The molecule has 164 valence electrons. The van der Waals surface area contributed by atoms with Crippen molar-refractivity contribution in [2.24, 2.45) is 5.92 Å². The van der Waals surface area contributed by atoms with E-state index in [0.717, 1.165) is 63.3 Å². The van der Waals surface area contributed by atoms with Crippen LogP contribution in [0.5, 0.6) is 0 Å². The van der Waals surface area contributed by atoms with Crippen LogP contribution in [-0.4, -0.2) is 75.3 Å². The predicted molar refractivity (Wildman–Crippen MR) is 112 cm³/mol. The second kappa shape index (κ2) is 8.79. The number of aliphatic hydroxyl groups is 1. The lowest BCUT2D eigenvalue weighted by molar-refractivity contribution is -0.144. The van der Waals surface area contributed by atoms with E-state index in [-0.39, 0.29) is 12.5 Å². The first kappa shape index (κ1) is 20.9. The van der Waals surface area contributed by atoms with Gasteiger partial charge in [-0.15, -0.1) is 0 Å². The zero-order valence-corrected chi connectivity index (χ0v) is 17.5. The number of urea groups is 1. The monoisotopic (exact) mass is 416 g/mol. The number of fused-ring (bicyclic) bond motifs is 1. The van der Waals surface area contributed by atoms with Gasteiger partial charge >= 0.3 is 12.0 Å². The summed E-state index contributed by atoms with van der Waals surface area (Å²) in [6, 6.07) is 4.36. The van der Waals surface area contributed by atoms with Crippen molar-refractivity contribution in [3.8, 4) is 0 Å². The van der Waals surface area contributed by atoms with E-state index in [1.807, 2.05) is 4.90 Å². The third-order valence-corrected chi connectivity index (χ3v) is 6.78. The Labute approximate surface area is 177 Å². The number of aliphatic carboxylic acids is 1. The molecule has 8 nitrogen and oxygen atoms in total. The number of carbonyl (C=O) groups is 2. The minimum absolute atomic E-state index is 0.0157. The van der Waals surface area contributed by atoms with E-state index in [9.17, 15) is 14.7 Å². The first-order chi connectivity index (χ1) is 14.4. The molecule has 3 aliphatic rings. The number of hydrogen-bond donors (Lipinski definition) is 3. The van der Waals surface area contributed by atoms with Gasteiger partial charge in [-0.3, -0.25) is 4.79 Å². The van der Waals surface area contributed by atoms with Gasteiger partial charge in [0.2, 0.25) is 0 Å². The maximum Gasteiger partial charge on any atom is 0.320 e. The molecule has 3 N–H and O–H groups in total. The van der Waals surface area contributed by atoms with Crippen LogP contribution in [0, 0.1) is 5.92 Å². The number of piperidine rings is 2. The van der Waals surface area contributed by atoms with Crippen molar-refractivity contribution in [1.82, 2.24) is 14.8 Å². The SMILES string of the molecule is O=C(O)CC1(O)CCN(C(=O)N2CCC(Cc3ccc4c(n3)NCCC4)CC2)CC1. The maximum atomic E-state index is 12.8. The molecule has 1 aromatic rings. The van der Waals surface area contributed by atoms with E-state index >= 15 is 0 Å². The second-order valence-electron chi connectivity index (χ2n) is 9.04. The number of pyridine rings is 1. The van der Waals surface area contributed by atoms with Gasteiger partial charge in [0.05, 0.1) is 12.0 Å². The van der Waals surface area contributed by atoms with E-state index < -0.39 is 11.6 Å². The average molecular weight is 417 g/mol. The number of carbonyl (C=O) groups excluding carboxylic acids is 1. The molecule has 0 radical (unpaired) electrons. The van der Waals surface area contributed by atoms with E-state index in [0.29, 0.717) is 31.8 Å². The normalized spacial score (nSPS) is 21.6. The summed E-state index contributed by atoms with van der Waals surface area (Å²) in [6.45, 7) is 3.29. The zero-order valence-electron chi connectivity index (χ0n) is 17.5. The van der Waals surface area contributed by atoms with Gasteiger partial charge in [-0.2, -0.15) is 0 Å². The molecule has 0 aromatic carbocycles. The molecule has 0 atom stereocenters. The van der Waals surface area contributed by atoms with Crippen LogP contribution in [0.3, 0.4) is 0 Å². The number of nitrogens with zero attached hydrogens (tertiary/aromatic N) is 3. The van der Waals surface area contributed by atoms with Crippen molar-refractivity contribution in [3.63, 3.8) is 0 Å². The van der Waals surface area contributed by atoms with Crippen LogP contribution >= 0.6 is 0 Å². The molecule has 2 amide bonds. The number of amides is 2. The van der Waals surface area contributed by atoms with Crippen molar-refractivity contribution in [2.45, 2.75) is 57.0 Å². The second-order valence-corrected chi connectivity index (χ2v) is 9.04. The van der Waals surface area contributed by atoms with Gasteiger partial charge in [-0.05, 0) is 62.5 Å². The first-order valence-electron chi connectivity index (χ1n) is 11.1. The summed E-state index contributed by atoms with van der Waals surface area (Å²) < 4.78 is 0. The first-order valence-corrected chi connectivity index (χ1v) is 11.1. The fourth-order valence-corrected chi connectivity index (χ4v) is 4.88. The van der Waals surface area contributed by atoms with Gasteiger partial charge in [-0.1, -0.05) is 6.07 Å². The summed E-state index contributed by atoms with van der Waals surface area (Å²) in [7, 11) is 0. The average Bonchev–Trinajstić information content (AvgIpc) is 2.73. The quantitative estimate of drug-likeness (QED) is 0.694. The molecular formula is C22H32N4O4. The molecule has 1 aromatic heterocycles. The Morgan fingerprint density at radius 1 is 1.13 bits per heavy atom. The molecule has 2 fully saturated rings. The highest BCUT2D eigenvalue weighted by molar-refractivity contribution is 5.75. The Morgan fingerprint density at radius 2 is 1.83 bits per heavy atom. The van der Waals surface area contributed by atoms with Gasteiger partial charge in [-0.25, -0.2) is 9.78 Å². The number of nitrogens with one attached hydrogen (secondary N) is 1. The van der Waals surface area contributed by atoms with E-state index in [2.05, 4.69) is 17.4 Å². The third-order valence-electron chi connectivity index (χ3n) is 6.78. The largest absolute Gasteiger partial charge is 0.481 e. The van der Waals surface area contributed by atoms with Gasteiger partial charge in [0, 0.05) is 38.4 Å². The molecule has 0 unspecified atom stereocenters. The molecule has 4 heterocycles. The van der Waals surface area contributed by atoms with Crippen LogP contribution in [-0.2, 0) is 17.6 Å². The van der Waals surface area contributed by atoms with Gasteiger partial charge in [0.1, 0.15) is 5.82 Å². The lowest BCUT2D eigenvalue weighted by Crippen LogP contribution is -2.53. The Kier molecular flexibility index (Phi) is 6.13. The molecular weight excluding hydrogens is 384 g/mol. The predicted octanol–water partition coefficient (Wildman–Crippen LogP) is 2.12. The number of anilines is 1. The number of likely N-dealkylation sites (tertiary alicyclic amines) is 2. The van der Waals surface area contributed by atoms with Gasteiger partial charge in [0.15, 0.2) is 0 Å². The summed E-state index contributed by atoms with van der Waals surface area (Å²) in [4.78, 5) is 32.2. The summed E-state index contributed by atoms with van der Waals surface area (Å²) in [5, 5.41) is 22.7. The molecule has 4 rings (SSSR count). The minimum atomic E-state index is -1.19. The summed E-state index contributed by atoms with van der Waals surface area (Å²) in [6.07, 6.45) is 5.52. The maximum absolute atomic E-state index is 12.8. The fraction of sp³-hybridized carbons (Fsp3) is 0.682. The fourth-order valence-electron chi connectivity index (χ4n) is 4.88. The molecule has 0 bridgehead atoms. The standard InChI is InChI=1S/C22H32N4O4/c27-19(28)15-22(30)7-12-26(13-8-22)21(29)25-10-5-16(6-11-25)14-18-4-3-17-2-1-9-23-20(17)24-18/h3-4,16,30H,1-2,5-15H2,(H,23,24)(H,27,28). The molecule has 0 aliphatic carbocycles. The smallest absolute Gasteiger partial charge is 0.320 e. The highest BCUT2D eigenvalue weighted by Crippen LogP contribution is 2.28. The molecule has 30 heavy (non-hydrogen) atoms. The summed E-state index contributed by atoms with van der Waals surface area (Å²) in [5.74, 6) is 0.577. The molecule has 8 heteroatoms. The summed E-state index contributed by atoms with van der Waals surface area (Å²) >= 11 is 0. The Bertz CT molecular complexity index is 783. The lowest BCUT2D eigenvalue weighted by atomic mass is 9.88. The molecule has 0 saturated carbocycles. The highest BCUT2D eigenvalue weighted by Gasteiger charge is 2.37. The van der Waals surface area contributed by atoms with Crippen LogP contribution in [0.15, 0.2) is 12.1 Å². The van der Waals surface area contributed by atoms with Crippen LogP contribution in [0.25, 0.3) is 0 Å². The van der Waals surface area contributed by atoms with E-state index in [1.54, 1.807) is 4.90 Å². The van der Waals surface area contributed by atoms with E-state index in [4.69, 9.17) is 10.1 Å². The third kappa shape index (κ3) is 4.86. The molecule has 2 saturated heterocycles. The number of carboxylic acid groups (broad SMARTS) is 1. The van der Waals surface area contributed by atoms with E-state index in [1.165, 1.54) is 5.56 Å². The van der Waals surface area contributed by atoms with Crippen molar-refractivity contribution in [3.05, 3.63) is 23.4 Å². The topological polar surface area (TPSA) is 106 Å². The molecule has 3 aliphatic heterocycles. The summed E-state index contributed by atoms with van der Waals surface area (Å²) in [5.41, 5.74) is 1.25. The lowest BCUT2D eigenvalue weighted by Gasteiger charge is -2.41. The number of hydrogen-bond acceptors (Lipinski definition) is 5. The highest BCUT2D eigenvalue weighted by atomic mass is 16.4. The van der Waals surface area contributed by atoms with Crippen LogP contribution in [0.4, 0.5) is 10.6 Å². The Hall–Kier alpha value is -2.35. The van der Waals surface area contributed by atoms with Gasteiger partial charge < -0.3 is 25.3 Å². The zero-order chi connectivity index (χ0) is 21.1. The van der Waals surface area contributed by atoms with Crippen molar-refractivity contribution in [1.29, 1.82) is 0 Å². The van der Waals surface area contributed by atoms with Crippen molar-refractivity contribution >= 4 is 17.8 Å². The molecule has 0 spiro atoms.